The summed E-state index contributed by atoms with van der Waals surface area (Å²) in [6, 6.07) is 16.5. The van der Waals surface area contributed by atoms with Crippen molar-refractivity contribution in [1.82, 2.24) is 4.90 Å². The van der Waals surface area contributed by atoms with Gasteiger partial charge in [-0.05, 0) is 36.4 Å². The minimum atomic E-state index is -2.45. The zero-order chi connectivity index (χ0) is 16.9. The van der Waals surface area contributed by atoms with Crippen molar-refractivity contribution in [2.75, 3.05) is 31.1 Å². The number of piperazine rings is 1. The van der Waals surface area contributed by atoms with Crippen LogP contribution in [0.5, 0.6) is 0 Å². The van der Waals surface area contributed by atoms with Crippen molar-refractivity contribution in [3.05, 3.63) is 60.2 Å². The van der Waals surface area contributed by atoms with E-state index in [1.54, 1.807) is 24.3 Å². The van der Waals surface area contributed by atoms with E-state index in [1.165, 1.54) is 0 Å². The van der Waals surface area contributed by atoms with Crippen LogP contribution in [0.3, 0.4) is 0 Å². The van der Waals surface area contributed by atoms with Gasteiger partial charge in [0.1, 0.15) is 0 Å². The Morgan fingerprint density at radius 3 is 2.12 bits per heavy atom. The summed E-state index contributed by atoms with van der Waals surface area (Å²) in [6.07, 6.45) is 0. The van der Waals surface area contributed by atoms with Gasteiger partial charge in [-0.25, -0.2) is 0 Å². The fraction of sp³-hybridized carbons (Fsp3) is 0.278. The van der Waals surface area contributed by atoms with E-state index < -0.39 is 5.76 Å². The third-order valence-corrected chi connectivity index (χ3v) is 4.74. The average molecular weight is 348 g/mol. The second-order valence-corrected chi connectivity index (χ2v) is 6.58. The van der Waals surface area contributed by atoms with Gasteiger partial charge >= 0.3 is 0 Å². The Labute approximate surface area is 144 Å². The molecule has 1 amide bonds. The molecule has 0 aliphatic carbocycles. The van der Waals surface area contributed by atoms with Crippen molar-refractivity contribution in [3.63, 3.8) is 0 Å². The summed E-state index contributed by atoms with van der Waals surface area (Å²) in [6.45, 7) is 2.88. The van der Waals surface area contributed by atoms with Crippen molar-refractivity contribution in [1.29, 1.82) is 0 Å². The van der Waals surface area contributed by atoms with Crippen LogP contribution in [-0.2, 0) is 0 Å². The highest BCUT2D eigenvalue weighted by atomic mass is 32.2. The number of thioether (sulfide) groups is 1. The lowest BCUT2D eigenvalue weighted by Gasteiger charge is -2.36. The summed E-state index contributed by atoms with van der Waals surface area (Å²) in [4.78, 5) is 17.1. The molecular formula is C18H18F2N2OS. The minimum Gasteiger partial charge on any atom is -0.368 e. The second kappa shape index (κ2) is 7.66. The van der Waals surface area contributed by atoms with Crippen molar-refractivity contribution in [3.8, 4) is 0 Å². The highest BCUT2D eigenvalue weighted by Crippen LogP contribution is 2.25. The van der Waals surface area contributed by atoms with Crippen LogP contribution >= 0.6 is 11.8 Å². The minimum absolute atomic E-state index is 0.0451. The molecule has 0 radical (unpaired) electrons. The molecule has 0 spiro atoms. The Morgan fingerprint density at radius 1 is 0.917 bits per heavy atom. The number of alkyl halides is 2. The van der Waals surface area contributed by atoms with Crippen LogP contribution in [-0.4, -0.2) is 42.7 Å². The normalized spacial score (nSPS) is 15.0. The summed E-state index contributed by atoms with van der Waals surface area (Å²) in [7, 11) is 0. The average Bonchev–Trinajstić information content (AvgIpc) is 2.62. The van der Waals surface area contributed by atoms with E-state index in [1.807, 2.05) is 23.1 Å². The highest BCUT2D eigenvalue weighted by molar-refractivity contribution is 7.99. The largest absolute Gasteiger partial charge is 0.368 e. The Bertz CT molecular complexity index is 671. The molecule has 2 aromatic carbocycles. The molecule has 24 heavy (non-hydrogen) atoms. The molecule has 3 rings (SSSR count). The van der Waals surface area contributed by atoms with Gasteiger partial charge in [-0.1, -0.05) is 30.0 Å². The summed E-state index contributed by atoms with van der Waals surface area (Å²) < 4.78 is 24.7. The summed E-state index contributed by atoms with van der Waals surface area (Å²) in [5, 5.41) is 0. The Morgan fingerprint density at radius 2 is 1.54 bits per heavy atom. The second-order valence-electron chi connectivity index (χ2n) is 5.52. The van der Waals surface area contributed by atoms with E-state index >= 15 is 0 Å². The third-order valence-electron chi connectivity index (χ3n) is 4.01. The number of para-hydroxylation sites is 1. The molecule has 2 aromatic rings. The van der Waals surface area contributed by atoms with Gasteiger partial charge in [-0.15, -0.1) is 0 Å². The molecule has 1 aliphatic heterocycles. The van der Waals surface area contributed by atoms with E-state index in [0.29, 0.717) is 35.3 Å². The first-order valence-corrected chi connectivity index (χ1v) is 8.65. The summed E-state index contributed by atoms with van der Waals surface area (Å²) in [5.41, 5.74) is 1.71. The monoisotopic (exact) mass is 348 g/mol. The number of hydrogen-bond donors (Lipinski definition) is 0. The van der Waals surface area contributed by atoms with Gasteiger partial charge in [0.15, 0.2) is 0 Å². The van der Waals surface area contributed by atoms with Gasteiger partial charge in [0.2, 0.25) is 0 Å². The van der Waals surface area contributed by atoms with Crippen molar-refractivity contribution in [2.45, 2.75) is 10.7 Å². The van der Waals surface area contributed by atoms with Crippen LogP contribution in [0, 0.1) is 0 Å². The molecule has 0 N–H and O–H groups in total. The van der Waals surface area contributed by atoms with E-state index in [-0.39, 0.29) is 5.91 Å². The van der Waals surface area contributed by atoms with Gasteiger partial charge in [0, 0.05) is 42.3 Å². The van der Waals surface area contributed by atoms with Gasteiger partial charge in [0.25, 0.3) is 11.7 Å². The fourth-order valence-electron chi connectivity index (χ4n) is 2.77. The lowest BCUT2D eigenvalue weighted by atomic mass is 10.1. The molecule has 0 bridgehead atoms. The number of carbonyl (C=O) groups excluding carboxylic acids is 1. The number of benzene rings is 2. The molecule has 1 fully saturated rings. The third kappa shape index (κ3) is 4.06. The molecular weight excluding hydrogens is 330 g/mol. The van der Waals surface area contributed by atoms with Gasteiger partial charge in [0.05, 0.1) is 0 Å². The number of rotatable bonds is 4. The number of nitrogens with zero attached hydrogens (tertiary/aromatic N) is 2. The summed E-state index contributed by atoms with van der Waals surface area (Å²) >= 11 is 0.487. The zero-order valence-electron chi connectivity index (χ0n) is 13.1. The number of hydrogen-bond acceptors (Lipinski definition) is 3. The van der Waals surface area contributed by atoms with E-state index in [9.17, 15) is 13.6 Å². The molecule has 6 heteroatoms. The molecule has 1 saturated heterocycles. The molecule has 126 valence electrons. The van der Waals surface area contributed by atoms with Crippen molar-refractivity contribution >= 4 is 23.4 Å². The molecule has 0 atom stereocenters. The molecule has 0 saturated carbocycles. The molecule has 0 unspecified atom stereocenters. The highest BCUT2D eigenvalue weighted by Gasteiger charge is 2.22. The quantitative estimate of drug-likeness (QED) is 0.782. The lowest BCUT2D eigenvalue weighted by Crippen LogP contribution is -2.48. The predicted octanol–water partition coefficient (Wildman–Crippen LogP) is 3.96. The fourth-order valence-corrected chi connectivity index (χ4v) is 3.27. The van der Waals surface area contributed by atoms with E-state index in [2.05, 4.69) is 17.0 Å². The van der Waals surface area contributed by atoms with Crippen LogP contribution in [0.15, 0.2) is 59.5 Å². The maximum atomic E-state index is 12.5. The maximum Gasteiger partial charge on any atom is 0.288 e. The number of amides is 1. The Kier molecular flexibility index (Phi) is 5.35. The van der Waals surface area contributed by atoms with Crippen LogP contribution < -0.4 is 4.90 Å². The molecule has 3 nitrogen and oxygen atoms in total. The number of carbonyl (C=O) groups is 1. The molecule has 1 heterocycles. The standard InChI is InChI=1S/C18H18F2N2OS/c19-18(20)24-16-8-6-14(7-9-16)17(23)22-12-10-21(11-13-22)15-4-2-1-3-5-15/h1-9,18H,10-13H2. The molecule has 0 aromatic heterocycles. The first kappa shape index (κ1) is 16.8. The topological polar surface area (TPSA) is 23.6 Å². The van der Waals surface area contributed by atoms with Gasteiger partial charge in [-0.3, -0.25) is 4.79 Å². The van der Waals surface area contributed by atoms with Crippen molar-refractivity contribution < 1.29 is 13.6 Å². The van der Waals surface area contributed by atoms with E-state index in [0.717, 1.165) is 18.8 Å². The first-order chi connectivity index (χ1) is 11.6. The number of anilines is 1. The number of halogens is 2. The zero-order valence-corrected chi connectivity index (χ0v) is 13.9. The van der Waals surface area contributed by atoms with Crippen LogP contribution in [0.1, 0.15) is 10.4 Å². The Balaban J connectivity index is 1.59. The van der Waals surface area contributed by atoms with E-state index in [4.69, 9.17) is 0 Å². The maximum absolute atomic E-state index is 12.5. The van der Waals surface area contributed by atoms with Crippen LogP contribution in [0.2, 0.25) is 0 Å². The smallest absolute Gasteiger partial charge is 0.288 e. The Hall–Kier alpha value is -2.08. The summed E-state index contributed by atoms with van der Waals surface area (Å²) in [5.74, 6) is -2.49. The molecule has 1 aliphatic rings. The SMILES string of the molecule is O=C(c1ccc(SC(F)F)cc1)N1CCN(c2ccccc2)CC1. The van der Waals surface area contributed by atoms with Crippen LogP contribution in [0.25, 0.3) is 0 Å². The predicted molar refractivity (Wildman–Crippen MR) is 92.9 cm³/mol. The van der Waals surface area contributed by atoms with Crippen molar-refractivity contribution in [2.24, 2.45) is 0 Å². The lowest BCUT2D eigenvalue weighted by molar-refractivity contribution is 0.0746. The van der Waals surface area contributed by atoms with Gasteiger partial charge in [-0.2, -0.15) is 8.78 Å². The van der Waals surface area contributed by atoms with Gasteiger partial charge < -0.3 is 9.80 Å². The first-order valence-electron chi connectivity index (χ1n) is 7.77. The van der Waals surface area contributed by atoms with Crippen LogP contribution in [0.4, 0.5) is 14.5 Å².